The van der Waals surface area contributed by atoms with Crippen LogP contribution in [0.25, 0.3) is 0 Å². The summed E-state index contributed by atoms with van der Waals surface area (Å²) >= 11 is 2.03. The summed E-state index contributed by atoms with van der Waals surface area (Å²) in [4.78, 5) is 10.8. The van der Waals surface area contributed by atoms with E-state index in [0.29, 0.717) is 4.43 Å². The van der Waals surface area contributed by atoms with E-state index in [4.69, 9.17) is 0 Å². The number of alkyl halides is 1. The molecule has 0 aliphatic rings. The van der Waals surface area contributed by atoms with Gasteiger partial charge in [-0.15, -0.1) is 12.1 Å². The Hall–Kier alpha value is -0.581. The molecule has 0 unspecified atom stereocenters. The van der Waals surface area contributed by atoms with Gasteiger partial charge < -0.3 is 40.4 Å². The molecule has 0 spiro atoms. The van der Waals surface area contributed by atoms with Crippen molar-refractivity contribution >= 4 is 34.2 Å². The molecule has 0 aliphatic carbocycles. The standard InChI is InChI=1S/C7H7INO.C5H5.Fe/c8-5-7(10)9-6-3-1-2-4-6;1-2-4-5-3-1;/h1-4H,5H2,(H,9,10);1-5H;/q-1;-5;. The van der Waals surface area contributed by atoms with Gasteiger partial charge in [-0.25, -0.2) is 0 Å². The molecule has 0 heterocycles. The SMILES string of the molecule is O=C(CI)N[c-]1cccc1.[Fe].[cH-]1[cH-][cH-][cH-][cH-]1. The van der Waals surface area contributed by atoms with Crippen molar-refractivity contribution < 1.29 is 21.9 Å². The van der Waals surface area contributed by atoms with Crippen molar-refractivity contribution in [2.24, 2.45) is 0 Å². The molecule has 2 rings (SSSR count). The van der Waals surface area contributed by atoms with Gasteiger partial charge in [0.25, 0.3) is 0 Å². The van der Waals surface area contributed by atoms with Gasteiger partial charge in [-0.05, 0) is 0 Å². The van der Waals surface area contributed by atoms with Crippen LogP contribution in [0.2, 0.25) is 0 Å². The largest absolute Gasteiger partial charge is 0.748 e. The summed E-state index contributed by atoms with van der Waals surface area (Å²) < 4.78 is 0.503. The van der Waals surface area contributed by atoms with Gasteiger partial charge in [0.15, 0.2) is 5.91 Å². The first-order chi connectivity index (χ1) is 7.33. The van der Waals surface area contributed by atoms with Gasteiger partial charge >= 0.3 is 0 Å². The first-order valence-electron chi connectivity index (χ1n) is 4.57. The summed E-state index contributed by atoms with van der Waals surface area (Å²) in [5.74, 6) is 0.0480. The summed E-state index contributed by atoms with van der Waals surface area (Å²) in [6.45, 7) is 0. The summed E-state index contributed by atoms with van der Waals surface area (Å²) in [5.41, 5.74) is 0.877. The Morgan fingerprint density at radius 3 is 1.94 bits per heavy atom. The monoisotopic (exact) mass is 369 g/mol. The Bertz CT molecular complexity index is 339. The molecule has 2 aromatic carbocycles. The quantitative estimate of drug-likeness (QED) is 0.375. The number of hydrogen-bond donors (Lipinski definition) is 1. The third-order valence-corrected chi connectivity index (χ3v) is 2.32. The van der Waals surface area contributed by atoms with E-state index in [1.807, 2.05) is 77.2 Å². The zero-order valence-electron chi connectivity index (χ0n) is 8.54. The van der Waals surface area contributed by atoms with Crippen molar-refractivity contribution in [1.82, 2.24) is 0 Å². The normalized spacial score (nSPS) is 8.31. The smallest absolute Gasteiger partial charge is 0.159 e. The molecular formula is C12H12FeINO-6. The van der Waals surface area contributed by atoms with Crippen LogP contribution in [0.3, 0.4) is 0 Å². The van der Waals surface area contributed by atoms with Crippen LogP contribution in [-0.4, -0.2) is 10.3 Å². The Morgan fingerprint density at radius 1 is 1.12 bits per heavy atom. The molecule has 0 fully saturated rings. The topological polar surface area (TPSA) is 29.1 Å². The summed E-state index contributed by atoms with van der Waals surface area (Å²) in [5, 5.41) is 2.73. The summed E-state index contributed by atoms with van der Waals surface area (Å²) in [6, 6.07) is 17.5. The van der Waals surface area contributed by atoms with Crippen LogP contribution < -0.4 is 5.32 Å². The number of amides is 1. The molecule has 16 heavy (non-hydrogen) atoms. The Labute approximate surface area is 120 Å². The molecule has 1 amide bonds. The van der Waals surface area contributed by atoms with Crippen molar-refractivity contribution in [1.29, 1.82) is 0 Å². The molecular weight excluding hydrogens is 357 g/mol. The molecule has 0 radical (unpaired) electrons. The minimum Gasteiger partial charge on any atom is -0.748 e. The van der Waals surface area contributed by atoms with Gasteiger partial charge in [0.1, 0.15) is 0 Å². The molecule has 4 heteroatoms. The number of halogens is 1. The van der Waals surface area contributed by atoms with E-state index in [-0.39, 0.29) is 23.0 Å². The molecule has 0 saturated heterocycles. The molecule has 0 saturated carbocycles. The van der Waals surface area contributed by atoms with E-state index in [9.17, 15) is 4.79 Å². The van der Waals surface area contributed by atoms with E-state index >= 15 is 0 Å². The van der Waals surface area contributed by atoms with Gasteiger partial charge in [-0.2, -0.15) is 12.1 Å². The second kappa shape index (κ2) is 9.63. The molecule has 92 valence electrons. The number of carbonyl (C=O) groups is 1. The predicted octanol–water partition coefficient (Wildman–Crippen LogP) is 3.18. The fourth-order valence-corrected chi connectivity index (χ4v) is 1.16. The van der Waals surface area contributed by atoms with Crippen molar-refractivity contribution in [3.63, 3.8) is 0 Å². The Kier molecular flexibility index (Phi) is 9.28. The molecule has 0 bridgehead atoms. The van der Waals surface area contributed by atoms with Crippen molar-refractivity contribution in [2.75, 3.05) is 9.74 Å². The van der Waals surface area contributed by atoms with Crippen LogP contribution in [0.5, 0.6) is 0 Å². The third kappa shape index (κ3) is 6.82. The fraction of sp³-hybridized carbons (Fsp3) is 0.0833. The van der Waals surface area contributed by atoms with Gasteiger partial charge in [0.05, 0.1) is 0 Å². The van der Waals surface area contributed by atoms with Gasteiger partial charge in [-0.3, -0.25) is 0 Å². The number of hydrogen-bond acceptors (Lipinski definition) is 1. The minimum absolute atomic E-state index is 0. The second-order valence-corrected chi connectivity index (χ2v) is 3.58. The van der Waals surface area contributed by atoms with Crippen LogP contribution in [0.4, 0.5) is 5.69 Å². The minimum atomic E-state index is 0. The third-order valence-electron chi connectivity index (χ3n) is 1.62. The average molecular weight is 369 g/mol. The zero-order valence-corrected chi connectivity index (χ0v) is 11.8. The molecule has 2 aromatic rings. The summed E-state index contributed by atoms with van der Waals surface area (Å²) in [6.07, 6.45) is 0. The fourth-order valence-electron chi connectivity index (χ4n) is 0.972. The van der Waals surface area contributed by atoms with Gasteiger partial charge in [0, 0.05) is 21.5 Å². The number of nitrogens with one attached hydrogen (secondary N) is 1. The van der Waals surface area contributed by atoms with Crippen LogP contribution in [0, 0.1) is 0 Å². The first kappa shape index (κ1) is 15.4. The van der Waals surface area contributed by atoms with Crippen LogP contribution in [0.15, 0.2) is 54.6 Å². The van der Waals surface area contributed by atoms with Crippen LogP contribution in [-0.2, 0) is 21.9 Å². The Morgan fingerprint density at radius 2 is 1.56 bits per heavy atom. The Balaban J connectivity index is 0.000000318. The van der Waals surface area contributed by atoms with Gasteiger partial charge in [-0.1, -0.05) is 28.3 Å². The van der Waals surface area contributed by atoms with Crippen molar-refractivity contribution in [2.45, 2.75) is 0 Å². The predicted molar refractivity (Wildman–Crippen MR) is 71.6 cm³/mol. The average Bonchev–Trinajstić information content (AvgIpc) is 2.92. The maximum atomic E-state index is 10.8. The first-order valence-corrected chi connectivity index (χ1v) is 6.09. The second-order valence-electron chi connectivity index (χ2n) is 2.82. The molecule has 0 aliphatic heterocycles. The molecule has 0 atom stereocenters. The van der Waals surface area contributed by atoms with E-state index in [2.05, 4.69) is 5.32 Å². The van der Waals surface area contributed by atoms with E-state index in [1.165, 1.54) is 0 Å². The van der Waals surface area contributed by atoms with Crippen LogP contribution in [0.1, 0.15) is 0 Å². The van der Waals surface area contributed by atoms with E-state index in [1.54, 1.807) is 0 Å². The van der Waals surface area contributed by atoms with E-state index < -0.39 is 0 Å². The molecule has 1 N–H and O–H groups in total. The van der Waals surface area contributed by atoms with Crippen LogP contribution >= 0.6 is 22.6 Å². The number of rotatable bonds is 2. The molecule has 0 aromatic heterocycles. The van der Waals surface area contributed by atoms with Crippen molar-refractivity contribution in [3.8, 4) is 0 Å². The number of anilines is 1. The maximum Gasteiger partial charge on any atom is 0.159 e. The zero-order chi connectivity index (χ0) is 10.9. The number of carbonyl (C=O) groups excluding carboxylic acids is 1. The summed E-state index contributed by atoms with van der Waals surface area (Å²) in [7, 11) is 0. The molecule has 2 nitrogen and oxygen atoms in total. The van der Waals surface area contributed by atoms with Gasteiger partial charge in [0.2, 0.25) is 0 Å². The maximum absolute atomic E-state index is 10.8. The van der Waals surface area contributed by atoms with Crippen molar-refractivity contribution in [3.05, 3.63) is 54.6 Å². The van der Waals surface area contributed by atoms with E-state index in [0.717, 1.165) is 5.69 Å².